The molecule has 0 radical (unpaired) electrons. The fraction of sp³-hybridized carbons (Fsp3) is 0.917. The van der Waals surface area contributed by atoms with Crippen molar-refractivity contribution in [3.05, 3.63) is 0 Å². The molecule has 3 nitrogen and oxygen atoms in total. The van der Waals surface area contributed by atoms with Crippen molar-refractivity contribution in [3.63, 3.8) is 0 Å². The topological polar surface area (TPSA) is 32.3 Å². The summed E-state index contributed by atoms with van der Waals surface area (Å²) in [5.74, 6) is 0.311. The molecule has 1 heterocycles. The van der Waals surface area contributed by atoms with Crippen molar-refractivity contribution in [1.82, 2.24) is 10.2 Å². The highest BCUT2D eigenvalue weighted by Gasteiger charge is 2.32. The van der Waals surface area contributed by atoms with Crippen LogP contribution in [0.15, 0.2) is 0 Å². The van der Waals surface area contributed by atoms with Gasteiger partial charge in [-0.25, -0.2) is 0 Å². The molecule has 2 unspecified atom stereocenters. The van der Waals surface area contributed by atoms with E-state index in [1.807, 2.05) is 6.92 Å². The van der Waals surface area contributed by atoms with Crippen LogP contribution in [0.1, 0.15) is 46.0 Å². The van der Waals surface area contributed by atoms with Gasteiger partial charge < -0.3 is 10.2 Å². The number of amides is 1. The van der Waals surface area contributed by atoms with Gasteiger partial charge in [0.25, 0.3) is 0 Å². The highest BCUT2D eigenvalue weighted by molar-refractivity contribution is 5.82. The smallest absolute Gasteiger partial charge is 0.239 e. The molecule has 0 aromatic heterocycles. The maximum absolute atomic E-state index is 12.1. The van der Waals surface area contributed by atoms with Crippen molar-refractivity contribution in [2.75, 3.05) is 6.54 Å². The molecule has 1 N–H and O–H groups in total. The summed E-state index contributed by atoms with van der Waals surface area (Å²) in [6, 6.07) is 1.01. The van der Waals surface area contributed by atoms with Crippen LogP contribution < -0.4 is 5.32 Å². The quantitative estimate of drug-likeness (QED) is 0.712. The lowest BCUT2D eigenvalue weighted by atomic mass is 10.1. The number of hydrogen-bond donors (Lipinski definition) is 1. The van der Waals surface area contributed by atoms with Gasteiger partial charge in [0, 0.05) is 18.6 Å². The highest BCUT2D eigenvalue weighted by atomic mass is 16.2. The summed E-state index contributed by atoms with van der Waals surface area (Å²) < 4.78 is 0. The van der Waals surface area contributed by atoms with Crippen LogP contribution in [0, 0.1) is 0 Å². The number of carbonyl (C=O) groups excluding carboxylic acids is 1. The SMILES string of the molecule is CC1CCN(C2CCCC2)C(=O)C(C)N1. The lowest BCUT2D eigenvalue weighted by Crippen LogP contribution is -2.46. The van der Waals surface area contributed by atoms with E-state index in [0.717, 1.165) is 13.0 Å². The number of hydrogen-bond acceptors (Lipinski definition) is 2. The summed E-state index contributed by atoms with van der Waals surface area (Å²) in [7, 11) is 0. The molecule has 2 aliphatic rings. The molecule has 1 aliphatic heterocycles. The van der Waals surface area contributed by atoms with Crippen molar-refractivity contribution < 1.29 is 4.79 Å². The molecule has 2 atom stereocenters. The molecular weight excluding hydrogens is 188 g/mol. The summed E-state index contributed by atoms with van der Waals surface area (Å²) in [6.07, 6.45) is 6.11. The molecule has 0 bridgehead atoms. The molecular formula is C12H22N2O. The highest BCUT2D eigenvalue weighted by Crippen LogP contribution is 2.25. The molecule has 3 heteroatoms. The molecule has 0 aromatic rings. The summed E-state index contributed by atoms with van der Waals surface area (Å²) >= 11 is 0. The summed E-state index contributed by atoms with van der Waals surface area (Å²) in [5.41, 5.74) is 0. The maximum atomic E-state index is 12.1. The van der Waals surface area contributed by atoms with E-state index < -0.39 is 0 Å². The standard InChI is InChI=1S/C12H22N2O/c1-9-7-8-14(11-5-3-4-6-11)12(15)10(2)13-9/h9-11,13H,3-8H2,1-2H3. The van der Waals surface area contributed by atoms with E-state index in [4.69, 9.17) is 0 Å². The van der Waals surface area contributed by atoms with E-state index in [9.17, 15) is 4.79 Å². The normalized spacial score (nSPS) is 34.5. The molecule has 0 spiro atoms. The largest absolute Gasteiger partial charge is 0.338 e. The van der Waals surface area contributed by atoms with Gasteiger partial charge in [-0.3, -0.25) is 4.79 Å². The van der Waals surface area contributed by atoms with Crippen LogP contribution in [-0.2, 0) is 4.79 Å². The van der Waals surface area contributed by atoms with Gasteiger partial charge in [0.15, 0.2) is 0 Å². The molecule has 2 rings (SSSR count). The van der Waals surface area contributed by atoms with Crippen molar-refractivity contribution in [2.24, 2.45) is 0 Å². The van der Waals surface area contributed by atoms with Gasteiger partial charge in [-0.15, -0.1) is 0 Å². The molecule has 1 amide bonds. The van der Waals surface area contributed by atoms with Crippen LogP contribution in [0.4, 0.5) is 0 Å². The first-order valence-corrected chi connectivity index (χ1v) is 6.25. The van der Waals surface area contributed by atoms with E-state index in [2.05, 4.69) is 17.1 Å². The van der Waals surface area contributed by atoms with Crippen molar-refractivity contribution in [2.45, 2.75) is 64.1 Å². The third-order valence-corrected chi connectivity index (χ3v) is 3.76. The average Bonchev–Trinajstić information content (AvgIpc) is 2.67. The number of rotatable bonds is 1. The minimum atomic E-state index is 0.00287. The number of nitrogens with one attached hydrogen (secondary N) is 1. The van der Waals surface area contributed by atoms with Crippen LogP contribution in [0.5, 0.6) is 0 Å². The Morgan fingerprint density at radius 2 is 1.87 bits per heavy atom. The molecule has 86 valence electrons. The van der Waals surface area contributed by atoms with Crippen molar-refractivity contribution in [1.29, 1.82) is 0 Å². The maximum Gasteiger partial charge on any atom is 0.239 e. The van der Waals surface area contributed by atoms with Gasteiger partial charge in [-0.1, -0.05) is 12.8 Å². The Morgan fingerprint density at radius 3 is 2.53 bits per heavy atom. The average molecular weight is 210 g/mol. The van der Waals surface area contributed by atoms with E-state index in [1.165, 1.54) is 25.7 Å². The minimum Gasteiger partial charge on any atom is -0.338 e. The van der Waals surface area contributed by atoms with E-state index in [0.29, 0.717) is 18.0 Å². The molecule has 1 saturated heterocycles. The number of nitrogens with zero attached hydrogens (tertiary/aromatic N) is 1. The summed E-state index contributed by atoms with van der Waals surface area (Å²) in [5, 5.41) is 3.35. The van der Waals surface area contributed by atoms with E-state index in [-0.39, 0.29) is 6.04 Å². The van der Waals surface area contributed by atoms with Gasteiger partial charge in [0.1, 0.15) is 0 Å². The van der Waals surface area contributed by atoms with Gasteiger partial charge in [0.2, 0.25) is 5.91 Å². The second-order valence-electron chi connectivity index (χ2n) is 5.05. The van der Waals surface area contributed by atoms with Crippen LogP contribution in [-0.4, -0.2) is 35.5 Å². The molecule has 15 heavy (non-hydrogen) atoms. The zero-order chi connectivity index (χ0) is 10.8. The molecule has 0 aromatic carbocycles. The van der Waals surface area contributed by atoms with Gasteiger partial charge in [-0.05, 0) is 33.1 Å². The van der Waals surface area contributed by atoms with Gasteiger partial charge >= 0.3 is 0 Å². The lowest BCUT2D eigenvalue weighted by molar-refractivity contribution is -0.134. The second-order valence-corrected chi connectivity index (χ2v) is 5.05. The Balaban J connectivity index is 2.05. The lowest BCUT2D eigenvalue weighted by Gasteiger charge is -2.28. The molecule has 1 aliphatic carbocycles. The van der Waals surface area contributed by atoms with E-state index in [1.54, 1.807) is 0 Å². The van der Waals surface area contributed by atoms with E-state index >= 15 is 0 Å². The fourth-order valence-electron chi connectivity index (χ4n) is 2.85. The Labute approximate surface area is 92.2 Å². The molecule has 1 saturated carbocycles. The third kappa shape index (κ3) is 2.33. The van der Waals surface area contributed by atoms with Crippen LogP contribution >= 0.6 is 0 Å². The monoisotopic (exact) mass is 210 g/mol. The van der Waals surface area contributed by atoms with Gasteiger partial charge in [-0.2, -0.15) is 0 Å². The first-order valence-electron chi connectivity index (χ1n) is 6.25. The number of carbonyl (C=O) groups is 1. The Morgan fingerprint density at radius 1 is 1.20 bits per heavy atom. The predicted octanol–water partition coefficient (Wildman–Crippen LogP) is 1.53. The third-order valence-electron chi connectivity index (χ3n) is 3.76. The first-order chi connectivity index (χ1) is 7.18. The van der Waals surface area contributed by atoms with Crippen LogP contribution in [0.3, 0.4) is 0 Å². The Hall–Kier alpha value is -0.570. The molecule has 2 fully saturated rings. The zero-order valence-corrected chi connectivity index (χ0v) is 9.83. The van der Waals surface area contributed by atoms with Gasteiger partial charge in [0.05, 0.1) is 6.04 Å². The predicted molar refractivity (Wildman–Crippen MR) is 60.6 cm³/mol. The van der Waals surface area contributed by atoms with Crippen molar-refractivity contribution in [3.8, 4) is 0 Å². The summed E-state index contributed by atoms with van der Waals surface area (Å²) in [6.45, 7) is 5.11. The zero-order valence-electron chi connectivity index (χ0n) is 9.83. The second kappa shape index (κ2) is 4.52. The van der Waals surface area contributed by atoms with Crippen molar-refractivity contribution >= 4 is 5.91 Å². The fourth-order valence-corrected chi connectivity index (χ4v) is 2.85. The Bertz CT molecular complexity index is 236. The Kier molecular flexibility index (Phi) is 3.29. The van der Waals surface area contributed by atoms with Crippen LogP contribution in [0.2, 0.25) is 0 Å². The summed E-state index contributed by atoms with van der Waals surface area (Å²) in [4.78, 5) is 14.3. The first kappa shape index (κ1) is 10.9. The minimum absolute atomic E-state index is 0.00287. The van der Waals surface area contributed by atoms with Crippen LogP contribution in [0.25, 0.3) is 0 Å².